The Kier molecular flexibility index (Phi) is 6.22. The van der Waals surface area contributed by atoms with Crippen molar-refractivity contribution >= 4 is 5.97 Å². The summed E-state index contributed by atoms with van der Waals surface area (Å²) in [5, 5.41) is 46.1. The van der Waals surface area contributed by atoms with Gasteiger partial charge in [0.05, 0.1) is 5.97 Å². The number of carbonyl (C=O) groups excluding carboxylic acids is 1. The van der Waals surface area contributed by atoms with Crippen molar-refractivity contribution in [2.24, 2.45) is 0 Å². The van der Waals surface area contributed by atoms with E-state index < -0.39 is 36.7 Å². The molecule has 0 saturated carbocycles. The third-order valence-electron chi connectivity index (χ3n) is 1.82. The van der Waals surface area contributed by atoms with Gasteiger partial charge >= 0.3 is 51.4 Å². The summed E-state index contributed by atoms with van der Waals surface area (Å²) in [5.41, 5.74) is 0. The van der Waals surface area contributed by atoms with Gasteiger partial charge in [0.1, 0.15) is 24.4 Å². The van der Waals surface area contributed by atoms with Crippen molar-refractivity contribution in [1.82, 2.24) is 0 Å². The van der Waals surface area contributed by atoms with E-state index in [0.717, 1.165) is 0 Å². The van der Waals surface area contributed by atoms with Gasteiger partial charge in [-0.2, -0.15) is 0 Å². The van der Waals surface area contributed by atoms with Crippen LogP contribution in [0.4, 0.5) is 0 Å². The third-order valence-corrected chi connectivity index (χ3v) is 1.82. The van der Waals surface area contributed by atoms with Gasteiger partial charge in [0.2, 0.25) is 0 Å². The molecule has 7 nitrogen and oxygen atoms in total. The van der Waals surface area contributed by atoms with Gasteiger partial charge in [-0.1, -0.05) is 0 Å². The zero-order valence-corrected chi connectivity index (χ0v) is 10.5. The molecule has 76 valence electrons. The van der Waals surface area contributed by atoms with Crippen LogP contribution in [0.25, 0.3) is 0 Å². The van der Waals surface area contributed by atoms with E-state index in [9.17, 15) is 9.90 Å². The number of carbonyl (C=O) groups is 1. The minimum absolute atomic E-state index is 0. The van der Waals surface area contributed by atoms with E-state index in [-0.39, 0.29) is 51.4 Å². The Labute approximate surface area is 122 Å². The number of carboxylic acid groups (broad SMARTS) is 1. The molecule has 0 aromatic carbocycles. The van der Waals surface area contributed by atoms with E-state index in [1.165, 1.54) is 0 Å². The molecule has 0 radical (unpaired) electrons. The number of hydrogen-bond donors (Lipinski definition) is 4. The van der Waals surface area contributed by atoms with E-state index in [4.69, 9.17) is 20.4 Å². The molecule has 14 heavy (non-hydrogen) atoms. The second kappa shape index (κ2) is 5.85. The van der Waals surface area contributed by atoms with Crippen LogP contribution in [0.2, 0.25) is 0 Å². The van der Waals surface area contributed by atoms with Crippen LogP contribution < -0.4 is 56.5 Å². The molecule has 1 fully saturated rings. The molecule has 5 atom stereocenters. The SMILES string of the molecule is O=C([O-])[C@@H]1O[C@@H](O)[C@@H](O)[C@@H](O)[C@@H]1O.[K+]. The van der Waals surface area contributed by atoms with Gasteiger partial charge < -0.3 is 35.1 Å². The van der Waals surface area contributed by atoms with Gasteiger partial charge in [0.25, 0.3) is 0 Å². The largest absolute Gasteiger partial charge is 1.00 e. The molecule has 0 amide bonds. The Hall–Kier alpha value is 0.906. The number of aliphatic carboxylic acids is 1. The van der Waals surface area contributed by atoms with Crippen molar-refractivity contribution in [2.75, 3.05) is 0 Å². The zero-order valence-electron chi connectivity index (χ0n) is 7.40. The van der Waals surface area contributed by atoms with Gasteiger partial charge in [-0.25, -0.2) is 0 Å². The second-order valence-corrected chi connectivity index (χ2v) is 2.74. The van der Waals surface area contributed by atoms with E-state index in [1.807, 2.05) is 0 Å². The number of aliphatic hydroxyl groups is 4. The normalized spacial score (nSPS) is 42.7. The van der Waals surface area contributed by atoms with Gasteiger partial charge in [0.15, 0.2) is 6.29 Å². The Morgan fingerprint density at radius 1 is 1.07 bits per heavy atom. The first-order valence-corrected chi connectivity index (χ1v) is 3.53. The summed E-state index contributed by atoms with van der Waals surface area (Å²) in [6.07, 6.45) is -9.00. The van der Waals surface area contributed by atoms with E-state index >= 15 is 0 Å². The smallest absolute Gasteiger partial charge is 0.547 e. The van der Waals surface area contributed by atoms with E-state index in [0.29, 0.717) is 0 Å². The van der Waals surface area contributed by atoms with Crippen LogP contribution in [0.5, 0.6) is 0 Å². The predicted octanol–water partition coefficient (Wildman–Crippen LogP) is -7.46. The van der Waals surface area contributed by atoms with E-state index in [1.54, 1.807) is 0 Å². The van der Waals surface area contributed by atoms with Crippen LogP contribution in [-0.4, -0.2) is 57.1 Å². The van der Waals surface area contributed by atoms with Crippen molar-refractivity contribution in [3.8, 4) is 0 Å². The maximum atomic E-state index is 10.3. The summed E-state index contributed by atoms with van der Waals surface area (Å²) in [5.74, 6) is -1.77. The Morgan fingerprint density at radius 3 is 2.00 bits per heavy atom. The van der Waals surface area contributed by atoms with Gasteiger partial charge in [-0.05, 0) is 0 Å². The molecule has 1 rings (SSSR count). The van der Waals surface area contributed by atoms with Crippen LogP contribution >= 0.6 is 0 Å². The Morgan fingerprint density at radius 2 is 1.57 bits per heavy atom. The molecule has 0 spiro atoms. The van der Waals surface area contributed by atoms with Crippen molar-refractivity contribution in [1.29, 1.82) is 0 Å². The molecule has 0 unspecified atom stereocenters. The second-order valence-electron chi connectivity index (χ2n) is 2.74. The minimum atomic E-state index is -1.85. The Bertz CT molecular complexity index is 210. The van der Waals surface area contributed by atoms with Crippen molar-refractivity contribution in [2.45, 2.75) is 30.7 Å². The summed E-state index contributed by atoms with van der Waals surface area (Å²) in [6.45, 7) is 0. The summed E-state index contributed by atoms with van der Waals surface area (Å²) in [7, 11) is 0. The summed E-state index contributed by atoms with van der Waals surface area (Å²) in [6, 6.07) is 0. The van der Waals surface area contributed by atoms with Crippen LogP contribution in [0, 0.1) is 0 Å². The molecular formula is C6H9KO7. The maximum Gasteiger partial charge on any atom is 1.00 e. The molecule has 0 bridgehead atoms. The first kappa shape index (κ1) is 14.9. The fourth-order valence-corrected chi connectivity index (χ4v) is 1.06. The Balaban J connectivity index is 0.00000169. The molecule has 1 heterocycles. The molecule has 4 N–H and O–H groups in total. The molecule has 8 heteroatoms. The fourth-order valence-electron chi connectivity index (χ4n) is 1.06. The quantitative estimate of drug-likeness (QED) is 0.330. The molecule has 1 aliphatic rings. The number of carboxylic acids is 1. The number of aliphatic hydroxyl groups excluding tert-OH is 4. The number of ether oxygens (including phenoxy) is 1. The first-order chi connectivity index (χ1) is 5.95. The van der Waals surface area contributed by atoms with Crippen LogP contribution in [0.3, 0.4) is 0 Å². The average Bonchev–Trinajstić information content (AvgIpc) is 2.07. The summed E-state index contributed by atoms with van der Waals surface area (Å²) < 4.78 is 4.28. The molecule has 1 aliphatic heterocycles. The van der Waals surface area contributed by atoms with Crippen molar-refractivity contribution in [3.05, 3.63) is 0 Å². The zero-order chi connectivity index (χ0) is 10.2. The molecule has 0 aromatic rings. The van der Waals surface area contributed by atoms with Crippen molar-refractivity contribution < 1.29 is 86.4 Å². The van der Waals surface area contributed by atoms with E-state index in [2.05, 4.69) is 4.74 Å². The first-order valence-electron chi connectivity index (χ1n) is 3.53. The van der Waals surface area contributed by atoms with Gasteiger partial charge in [0, 0.05) is 0 Å². The molecule has 0 aromatic heterocycles. The maximum absolute atomic E-state index is 10.3. The topological polar surface area (TPSA) is 130 Å². The predicted molar refractivity (Wildman–Crippen MR) is 33.9 cm³/mol. The monoisotopic (exact) mass is 232 g/mol. The van der Waals surface area contributed by atoms with Gasteiger partial charge in [-0.3, -0.25) is 0 Å². The van der Waals surface area contributed by atoms with Crippen LogP contribution in [0.15, 0.2) is 0 Å². The molecule has 0 aliphatic carbocycles. The van der Waals surface area contributed by atoms with Crippen LogP contribution in [0.1, 0.15) is 0 Å². The van der Waals surface area contributed by atoms with Gasteiger partial charge in [-0.15, -0.1) is 0 Å². The number of rotatable bonds is 1. The average molecular weight is 232 g/mol. The minimum Gasteiger partial charge on any atom is -0.547 e. The molecular weight excluding hydrogens is 223 g/mol. The third kappa shape index (κ3) is 2.95. The standard InChI is InChI=1S/C6H10O7.K/c7-1-2(8)4(5(10)11)13-6(12)3(1)9;/h1-4,6-9,12H,(H,10,11);/q;+1/p-1/t1-,2-,3-,4+,6+;/m0./s1. The number of hydrogen-bond acceptors (Lipinski definition) is 7. The molecule has 1 saturated heterocycles. The van der Waals surface area contributed by atoms with Crippen molar-refractivity contribution in [3.63, 3.8) is 0 Å². The van der Waals surface area contributed by atoms with Crippen LogP contribution in [-0.2, 0) is 9.53 Å². The summed E-state index contributed by atoms with van der Waals surface area (Å²) >= 11 is 0. The fraction of sp³-hybridized carbons (Fsp3) is 0.833. The summed E-state index contributed by atoms with van der Waals surface area (Å²) in [4.78, 5) is 10.3.